The van der Waals surface area contributed by atoms with Crippen LogP contribution in [0.2, 0.25) is 0 Å². The lowest BCUT2D eigenvalue weighted by molar-refractivity contribution is 0.0602. The van der Waals surface area contributed by atoms with Crippen molar-refractivity contribution in [3.63, 3.8) is 0 Å². The Balaban J connectivity index is 2.12. The Morgan fingerprint density at radius 3 is 2.55 bits per heavy atom. The zero-order chi connectivity index (χ0) is 24.0. The molecular formula is C19H19N7O5S2. The minimum absolute atomic E-state index is 0.0259. The predicted octanol–water partition coefficient (Wildman–Crippen LogP) is 1.71. The first kappa shape index (κ1) is 23.7. The maximum Gasteiger partial charge on any atom is 0.349 e. The van der Waals surface area contributed by atoms with Gasteiger partial charge in [0.1, 0.15) is 15.6 Å². The highest BCUT2D eigenvalue weighted by Crippen LogP contribution is 2.26. The molecule has 1 aromatic carbocycles. The van der Waals surface area contributed by atoms with Crippen molar-refractivity contribution < 1.29 is 22.7 Å². The molecule has 2 aromatic heterocycles. The first-order valence-electron chi connectivity index (χ1n) is 9.17. The maximum atomic E-state index is 13.5. The zero-order valence-electron chi connectivity index (χ0n) is 17.7. The molecule has 0 saturated carbocycles. The molecule has 3 aromatic rings. The fourth-order valence-electron chi connectivity index (χ4n) is 2.47. The van der Waals surface area contributed by atoms with Crippen LogP contribution in [-0.2, 0) is 14.8 Å². The number of carbonyl (C=O) groups is 1. The molecule has 0 unspecified atom stereocenters. The number of thiophene rings is 1. The molecular weight excluding hydrogens is 470 g/mol. The summed E-state index contributed by atoms with van der Waals surface area (Å²) in [7, 11) is -1.96. The Bertz CT molecular complexity index is 1310. The van der Waals surface area contributed by atoms with Crippen LogP contribution < -0.4 is 10.5 Å². The fraction of sp³-hybridized carbons (Fsp3) is 0.158. The van der Waals surface area contributed by atoms with Gasteiger partial charge in [-0.15, -0.1) is 15.8 Å². The maximum absolute atomic E-state index is 13.5. The van der Waals surface area contributed by atoms with Gasteiger partial charge >= 0.3 is 12.0 Å². The van der Waals surface area contributed by atoms with Gasteiger partial charge in [0.25, 0.3) is 16.0 Å². The number of carbonyl (C=O) groups excluding carboxylic acids is 1. The smallest absolute Gasteiger partial charge is 0.349 e. The van der Waals surface area contributed by atoms with Crippen molar-refractivity contribution in [2.45, 2.75) is 11.8 Å². The van der Waals surface area contributed by atoms with E-state index in [1.807, 2.05) is 0 Å². The van der Waals surface area contributed by atoms with Crippen molar-refractivity contribution >= 4 is 45.5 Å². The highest BCUT2D eigenvalue weighted by molar-refractivity contribution is 7.89. The van der Waals surface area contributed by atoms with Crippen molar-refractivity contribution in [1.82, 2.24) is 19.4 Å². The molecule has 0 spiro atoms. The lowest BCUT2D eigenvalue weighted by Crippen LogP contribution is -2.38. The summed E-state index contributed by atoms with van der Waals surface area (Å²) in [4.78, 5) is 27.5. The van der Waals surface area contributed by atoms with Gasteiger partial charge in [0, 0.05) is 0 Å². The third-order valence-electron chi connectivity index (χ3n) is 3.92. The topological polar surface area (TPSA) is 162 Å². The van der Waals surface area contributed by atoms with Gasteiger partial charge in [-0.25, -0.2) is 4.79 Å². The van der Waals surface area contributed by atoms with Gasteiger partial charge < -0.3 is 15.2 Å². The Hall–Kier alpha value is -3.91. The zero-order valence-corrected chi connectivity index (χ0v) is 19.4. The third-order valence-corrected chi connectivity index (χ3v) is 6.58. The number of ether oxygens (including phenoxy) is 2. The van der Waals surface area contributed by atoms with Gasteiger partial charge in [-0.3, -0.25) is 0 Å². The van der Waals surface area contributed by atoms with E-state index in [0.717, 1.165) is 18.4 Å². The van der Waals surface area contributed by atoms with Gasteiger partial charge in [0.05, 0.1) is 20.4 Å². The molecule has 172 valence electrons. The molecule has 0 saturated heterocycles. The summed E-state index contributed by atoms with van der Waals surface area (Å²) < 4.78 is 37.0. The van der Waals surface area contributed by atoms with Crippen molar-refractivity contribution in [1.29, 1.82) is 0 Å². The first-order valence-corrected chi connectivity index (χ1v) is 11.5. The number of nitrogens with zero attached hydrogens (tertiary/aromatic N) is 6. The van der Waals surface area contributed by atoms with Crippen LogP contribution in [0.5, 0.6) is 6.01 Å². The second-order valence-corrected chi connectivity index (χ2v) is 8.80. The minimum Gasteiger partial charge on any atom is -0.467 e. The van der Waals surface area contributed by atoms with Crippen LogP contribution in [0.3, 0.4) is 0 Å². The summed E-state index contributed by atoms with van der Waals surface area (Å²) in [5.74, 6) is -1.30. The van der Waals surface area contributed by atoms with E-state index in [9.17, 15) is 13.2 Å². The average molecular weight is 490 g/mol. The summed E-state index contributed by atoms with van der Waals surface area (Å²) >= 11 is 0.901. The van der Waals surface area contributed by atoms with Crippen LogP contribution in [0.25, 0.3) is 0 Å². The molecule has 0 aliphatic rings. The molecule has 0 aliphatic heterocycles. The Kier molecular flexibility index (Phi) is 7.30. The van der Waals surface area contributed by atoms with E-state index in [-0.39, 0.29) is 27.6 Å². The number of aryl methyl sites for hydroxylation is 1. The second kappa shape index (κ2) is 10.1. The van der Waals surface area contributed by atoms with Gasteiger partial charge in [-0.05, 0) is 23.9 Å². The van der Waals surface area contributed by atoms with E-state index in [2.05, 4.69) is 29.8 Å². The van der Waals surface area contributed by atoms with E-state index in [1.165, 1.54) is 24.8 Å². The Morgan fingerprint density at radius 1 is 1.15 bits per heavy atom. The molecule has 0 bridgehead atoms. The van der Waals surface area contributed by atoms with E-state index in [0.29, 0.717) is 9.98 Å². The highest BCUT2D eigenvalue weighted by atomic mass is 32.2. The Labute approximate surface area is 193 Å². The highest BCUT2D eigenvalue weighted by Gasteiger charge is 2.32. The number of hydrogen-bond donors (Lipinski definition) is 1. The van der Waals surface area contributed by atoms with E-state index in [1.54, 1.807) is 37.3 Å². The minimum atomic E-state index is -4.47. The summed E-state index contributed by atoms with van der Waals surface area (Å²) in [6.45, 7) is 1.58. The number of guanidine groups is 1. The van der Waals surface area contributed by atoms with Crippen molar-refractivity contribution in [3.05, 3.63) is 58.0 Å². The quantitative estimate of drug-likeness (QED) is 0.225. The van der Waals surface area contributed by atoms with Crippen LogP contribution in [0.4, 0.5) is 5.95 Å². The molecule has 2 heterocycles. The molecule has 0 amide bonds. The summed E-state index contributed by atoms with van der Waals surface area (Å²) in [5.41, 5.74) is 6.63. The molecule has 0 aliphatic carbocycles. The lowest BCUT2D eigenvalue weighted by atomic mass is 10.2. The van der Waals surface area contributed by atoms with Crippen LogP contribution in [0.1, 0.15) is 21.1 Å². The van der Waals surface area contributed by atoms with Gasteiger partial charge in [-0.2, -0.15) is 33.5 Å². The van der Waals surface area contributed by atoms with Gasteiger partial charge in [0.2, 0.25) is 5.96 Å². The Morgan fingerprint density at radius 2 is 1.88 bits per heavy atom. The summed E-state index contributed by atoms with van der Waals surface area (Å²) in [5, 5.41) is 5.46. The van der Waals surface area contributed by atoms with Gasteiger partial charge in [-0.1, -0.05) is 30.3 Å². The lowest BCUT2D eigenvalue weighted by Gasteiger charge is -2.17. The number of hydrogen-bond acceptors (Lipinski definition) is 11. The van der Waals surface area contributed by atoms with E-state index in [4.69, 9.17) is 10.5 Å². The van der Waals surface area contributed by atoms with Crippen LogP contribution in [-0.4, -0.2) is 60.1 Å². The number of nitrogens with two attached hydrogens (primary N) is 1. The van der Waals surface area contributed by atoms with Crippen LogP contribution in [0, 0.1) is 6.92 Å². The molecule has 2 N–H and O–H groups in total. The van der Waals surface area contributed by atoms with Crippen LogP contribution >= 0.6 is 11.3 Å². The molecule has 14 heteroatoms. The predicted molar refractivity (Wildman–Crippen MR) is 121 cm³/mol. The normalized spacial score (nSPS) is 12.0. The molecule has 3 rings (SSSR count). The standard InChI is InChI=1S/C19H19N7O5S2/c1-12-22-18(25-19(23-12)31-3)24-17(20)26(21-11-13-7-5-4-6-8-13)33(28,29)14-9-10-32-15(14)16(27)30-2/h4-11H,1-3H3,(H2,20,22,23,24,25). The number of methoxy groups -OCH3 is 2. The largest absolute Gasteiger partial charge is 0.467 e. The van der Waals surface area contributed by atoms with Crippen molar-refractivity contribution in [2.24, 2.45) is 15.8 Å². The van der Waals surface area contributed by atoms with E-state index < -0.39 is 22.0 Å². The monoisotopic (exact) mass is 489 g/mol. The van der Waals surface area contributed by atoms with E-state index >= 15 is 0 Å². The molecule has 12 nitrogen and oxygen atoms in total. The molecule has 0 fully saturated rings. The first-order chi connectivity index (χ1) is 15.8. The number of esters is 1. The number of hydrazone groups is 1. The second-order valence-electron chi connectivity index (χ2n) is 6.15. The number of benzene rings is 1. The number of aromatic nitrogens is 3. The SMILES string of the molecule is COC(=O)c1sccc1S(=O)(=O)N(N=Cc1ccccc1)C(N)=Nc1nc(C)nc(OC)n1. The number of aliphatic imine (C=N–C) groups is 1. The third kappa shape index (κ3) is 5.48. The van der Waals surface area contributed by atoms with Crippen molar-refractivity contribution in [3.8, 4) is 6.01 Å². The summed E-state index contributed by atoms with van der Waals surface area (Å²) in [6, 6.07) is 9.96. The molecule has 0 radical (unpaired) electrons. The number of rotatable bonds is 7. The fourth-order valence-corrected chi connectivity index (χ4v) is 4.92. The van der Waals surface area contributed by atoms with Gasteiger partial charge in [0.15, 0.2) is 0 Å². The van der Waals surface area contributed by atoms with Crippen LogP contribution in [0.15, 0.2) is 56.8 Å². The molecule has 0 atom stereocenters. The average Bonchev–Trinajstić information content (AvgIpc) is 3.30. The number of sulfonamides is 1. The van der Waals surface area contributed by atoms with Crippen molar-refractivity contribution in [2.75, 3.05) is 14.2 Å². The summed E-state index contributed by atoms with van der Waals surface area (Å²) in [6.07, 6.45) is 1.28. The molecule has 33 heavy (non-hydrogen) atoms.